The number of carbonyl (C=O) groups is 1. The number of amides is 1. The summed E-state index contributed by atoms with van der Waals surface area (Å²) in [5.41, 5.74) is 5.42. The predicted octanol–water partition coefficient (Wildman–Crippen LogP) is 4.79. The zero-order valence-electron chi connectivity index (χ0n) is 20.5. The number of anilines is 2. The number of nitrogen functional groups attached to an aromatic ring is 1. The Morgan fingerprint density at radius 2 is 1.78 bits per heavy atom. The maximum atomic E-state index is 13.2. The number of alkyl halides is 3. The van der Waals surface area contributed by atoms with E-state index in [1.54, 1.807) is 18.2 Å². The van der Waals surface area contributed by atoms with Gasteiger partial charge in [-0.15, -0.1) is 0 Å². The molecule has 36 heavy (non-hydrogen) atoms. The molecule has 1 aliphatic heterocycles. The summed E-state index contributed by atoms with van der Waals surface area (Å²) in [6.45, 7) is 4.34. The summed E-state index contributed by atoms with van der Waals surface area (Å²) < 4.78 is 50.7. The van der Waals surface area contributed by atoms with Gasteiger partial charge >= 0.3 is 6.18 Å². The zero-order valence-corrected chi connectivity index (χ0v) is 22.0. The first-order valence-corrected chi connectivity index (χ1v) is 12.6. The van der Waals surface area contributed by atoms with E-state index in [-0.39, 0.29) is 11.6 Å². The number of methoxy groups -OCH3 is 2. The summed E-state index contributed by atoms with van der Waals surface area (Å²) in [6, 6.07) is 7.59. The number of nitrogens with two attached hydrogens (primary N) is 1. The fourth-order valence-electron chi connectivity index (χ4n) is 4.26. The summed E-state index contributed by atoms with van der Waals surface area (Å²) >= 11 is 3.40. The van der Waals surface area contributed by atoms with Crippen LogP contribution in [-0.4, -0.2) is 64.3 Å². The van der Waals surface area contributed by atoms with Gasteiger partial charge in [0.05, 0.1) is 25.3 Å². The van der Waals surface area contributed by atoms with Gasteiger partial charge in [0.15, 0.2) is 11.5 Å². The average molecular weight is 573 g/mol. The molecule has 0 radical (unpaired) electrons. The van der Waals surface area contributed by atoms with Crippen molar-refractivity contribution in [1.29, 1.82) is 0 Å². The molecule has 11 heteroatoms. The second kappa shape index (κ2) is 12.5. The van der Waals surface area contributed by atoms with Crippen LogP contribution in [0.5, 0.6) is 11.5 Å². The molecular formula is C25H32BrF3N4O3. The van der Waals surface area contributed by atoms with Crippen molar-refractivity contribution in [2.75, 3.05) is 64.1 Å². The molecule has 7 nitrogen and oxygen atoms in total. The molecule has 0 aromatic heterocycles. The van der Waals surface area contributed by atoms with Gasteiger partial charge in [-0.3, -0.25) is 9.69 Å². The van der Waals surface area contributed by atoms with Crippen LogP contribution in [0.25, 0.3) is 0 Å². The minimum Gasteiger partial charge on any atom is -0.493 e. The van der Waals surface area contributed by atoms with Crippen LogP contribution in [0.1, 0.15) is 35.2 Å². The highest BCUT2D eigenvalue weighted by Crippen LogP contribution is 2.37. The van der Waals surface area contributed by atoms with Crippen LogP contribution < -0.4 is 25.4 Å². The number of nitrogens with one attached hydrogen (secondary N) is 1. The maximum Gasteiger partial charge on any atom is 0.418 e. The largest absolute Gasteiger partial charge is 0.493 e. The van der Waals surface area contributed by atoms with Gasteiger partial charge in [0.25, 0.3) is 5.91 Å². The number of hydrogen-bond donors (Lipinski definition) is 2. The molecule has 0 aliphatic carbocycles. The molecule has 0 spiro atoms. The number of unbranched alkanes of at least 4 members (excludes halogenated alkanes) is 2. The highest BCUT2D eigenvalue weighted by molar-refractivity contribution is 9.10. The zero-order chi connectivity index (χ0) is 26.3. The van der Waals surface area contributed by atoms with Crippen LogP contribution in [0.4, 0.5) is 24.5 Å². The Balaban J connectivity index is 1.38. The Morgan fingerprint density at radius 3 is 2.42 bits per heavy atom. The van der Waals surface area contributed by atoms with Gasteiger partial charge < -0.3 is 25.4 Å². The number of hydrogen-bond acceptors (Lipinski definition) is 6. The summed E-state index contributed by atoms with van der Waals surface area (Å²) in [5.74, 6) is 0.644. The molecular weight excluding hydrogens is 541 g/mol. The fraction of sp³-hybridized carbons (Fsp3) is 0.480. The van der Waals surface area contributed by atoms with E-state index in [0.717, 1.165) is 45.0 Å². The second-order valence-electron chi connectivity index (χ2n) is 8.57. The topological polar surface area (TPSA) is 80.1 Å². The van der Waals surface area contributed by atoms with Crippen molar-refractivity contribution in [3.8, 4) is 11.5 Å². The molecule has 0 saturated carbocycles. The van der Waals surface area contributed by atoms with Gasteiger partial charge in [0.2, 0.25) is 0 Å². The molecule has 1 amide bonds. The summed E-state index contributed by atoms with van der Waals surface area (Å²) in [7, 11) is 3.02. The van der Waals surface area contributed by atoms with Crippen LogP contribution in [0.2, 0.25) is 0 Å². The minimum absolute atomic E-state index is 0.231. The minimum atomic E-state index is -4.46. The first kappa shape index (κ1) is 27.9. The number of rotatable bonds is 10. The molecule has 2 aromatic carbocycles. The van der Waals surface area contributed by atoms with Gasteiger partial charge in [0.1, 0.15) is 0 Å². The van der Waals surface area contributed by atoms with Crippen LogP contribution in [0, 0.1) is 0 Å². The van der Waals surface area contributed by atoms with Crippen LogP contribution in [0.3, 0.4) is 0 Å². The van der Waals surface area contributed by atoms with Crippen LogP contribution in [0.15, 0.2) is 34.8 Å². The third-order valence-electron chi connectivity index (χ3n) is 6.24. The van der Waals surface area contributed by atoms with Crippen molar-refractivity contribution in [3.05, 3.63) is 45.9 Å². The lowest BCUT2D eigenvalue weighted by molar-refractivity contribution is -0.136. The van der Waals surface area contributed by atoms with Gasteiger partial charge in [-0.25, -0.2) is 0 Å². The maximum absolute atomic E-state index is 13.2. The first-order valence-electron chi connectivity index (χ1n) is 11.8. The van der Waals surface area contributed by atoms with Crippen molar-refractivity contribution in [2.24, 2.45) is 0 Å². The smallest absolute Gasteiger partial charge is 0.418 e. The molecule has 198 valence electrons. The van der Waals surface area contributed by atoms with Crippen LogP contribution >= 0.6 is 15.9 Å². The Hall–Kier alpha value is -2.66. The first-order chi connectivity index (χ1) is 17.2. The summed E-state index contributed by atoms with van der Waals surface area (Å²) in [4.78, 5) is 17.0. The Morgan fingerprint density at radius 1 is 1.06 bits per heavy atom. The lowest BCUT2D eigenvalue weighted by atomic mass is 10.1. The lowest BCUT2D eigenvalue weighted by Crippen LogP contribution is -2.46. The second-order valence-corrected chi connectivity index (χ2v) is 9.43. The van der Waals surface area contributed by atoms with Crippen molar-refractivity contribution >= 4 is 33.2 Å². The average Bonchev–Trinajstić information content (AvgIpc) is 2.85. The Labute approximate surface area is 217 Å². The number of nitrogens with zero attached hydrogens (tertiary/aromatic N) is 2. The highest BCUT2D eigenvalue weighted by Gasteiger charge is 2.33. The van der Waals surface area contributed by atoms with E-state index in [2.05, 4.69) is 26.1 Å². The molecule has 1 fully saturated rings. The quantitative estimate of drug-likeness (QED) is 0.315. The number of piperazine rings is 1. The molecule has 3 rings (SSSR count). The highest BCUT2D eigenvalue weighted by atomic mass is 79.9. The van der Waals surface area contributed by atoms with Gasteiger partial charge in [0, 0.05) is 48.6 Å². The normalized spacial score (nSPS) is 14.6. The van der Waals surface area contributed by atoms with Crippen molar-refractivity contribution in [1.82, 2.24) is 10.2 Å². The number of carbonyl (C=O) groups excluding carboxylic acids is 1. The molecule has 0 atom stereocenters. The van der Waals surface area contributed by atoms with E-state index in [4.69, 9.17) is 15.2 Å². The van der Waals surface area contributed by atoms with E-state index < -0.39 is 11.7 Å². The molecule has 2 aromatic rings. The Kier molecular flexibility index (Phi) is 9.72. The number of halogens is 4. The van der Waals surface area contributed by atoms with E-state index >= 15 is 0 Å². The molecule has 0 bridgehead atoms. The molecule has 0 unspecified atom stereocenters. The number of benzene rings is 2. The van der Waals surface area contributed by atoms with Crippen molar-refractivity contribution in [3.63, 3.8) is 0 Å². The molecule has 1 saturated heterocycles. The van der Waals surface area contributed by atoms with Gasteiger partial charge in [-0.2, -0.15) is 13.2 Å². The molecule has 1 aliphatic rings. The van der Waals surface area contributed by atoms with E-state index in [0.29, 0.717) is 46.9 Å². The molecule has 3 N–H and O–H groups in total. The number of ether oxygens (including phenoxy) is 2. The SMILES string of the molecule is COc1ccc(Br)c(C(=O)NCCCCCN2CCN(c3ccc(N)c(C(F)(F)F)c3)CC2)c1OC. The van der Waals surface area contributed by atoms with E-state index in [9.17, 15) is 18.0 Å². The Bertz CT molecular complexity index is 1040. The van der Waals surface area contributed by atoms with E-state index in [1.807, 2.05) is 4.90 Å². The van der Waals surface area contributed by atoms with Crippen molar-refractivity contribution < 1.29 is 27.4 Å². The predicted molar refractivity (Wildman–Crippen MR) is 138 cm³/mol. The lowest BCUT2D eigenvalue weighted by Gasteiger charge is -2.36. The third-order valence-corrected chi connectivity index (χ3v) is 6.90. The summed E-state index contributed by atoms with van der Waals surface area (Å²) in [5, 5.41) is 2.93. The molecule has 1 heterocycles. The van der Waals surface area contributed by atoms with Crippen LogP contribution in [-0.2, 0) is 6.18 Å². The van der Waals surface area contributed by atoms with Crippen molar-refractivity contribution in [2.45, 2.75) is 25.4 Å². The summed E-state index contributed by atoms with van der Waals surface area (Å²) in [6.07, 6.45) is -1.70. The standard InChI is InChI=1S/C25H32BrF3N4O3/c1-35-21-9-7-19(26)22(23(21)36-2)24(34)31-10-4-3-5-11-32-12-14-33(15-13-32)17-6-8-20(30)18(16-17)25(27,28)29/h6-9,16H,3-5,10-15,30H2,1-2H3,(H,31,34). The fourth-order valence-corrected chi connectivity index (χ4v) is 4.75. The van der Waals surface area contributed by atoms with E-state index in [1.165, 1.54) is 20.3 Å². The third kappa shape index (κ3) is 6.97. The van der Waals surface area contributed by atoms with Gasteiger partial charge in [-0.1, -0.05) is 6.42 Å². The van der Waals surface area contributed by atoms with Gasteiger partial charge in [-0.05, 0) is 65.6 Å². The monoisotopic (exact) mass is 572 g/mol.